The minimum absolute atomic E-state index is 0.000338. The number of nitrogens with one attached hydrogen (secondary N) is 1. The third-order valence-corrected chi connectivity index (χ3v) is 5.61. The highest BCUT2D eigenvalue weighted by atomic mass is 32.2. The molecule has 1 aromatic rings. The van der Waals surface area contributed by atoms with E-state index in [2.05, 4.69) is 15.3 Å². The van der Waals surface area contributed by atoms with Gasteiger partial charge in [-0.15, -0.1) is 0 Å². The van der Waals surface area contributed by atoms with Gasteiger partial charge < -0.3 is 10.4 Å². The maximum Gasteiger partial charge on any atom is 0.248 e. The van der Waals surface area contributed by atoms with Crippen LogP contribution in [0.25, 0.3) is 0 Å². The summed E-state index contributed by atoms with van der Waals surface area (Å²) in [7, 11) is -3.54. The van der Waals surface area contributed by atoms with E-state index < -0.39 is 15.4 Å². The first kappa shape index (κ1) is 17.6. The Hall–Kier alpha value is -1.72. The number of hydrogen-bond donors (Lipinski definition) is 2. The fourth-order valence-corrected chi connectivity index (χ4v) is 3.29. The van der Waals surface area contributed by atoms with Gasteiger partial charge in [0.05, 0.1) is 11.8 Å². The van der Waals surface area contributed by atoms with E-state index in [0.29, 0.717) is 19.3 Å². The first-order valence-electron chi connectivity index (χ1n) is 7.42. The number of anilines is 1. The normalized spacial score (nSPS) is 27.2. The summed E-state index contributed by atoms with van der Waals surface area (Å²) in [6, 6.07) is 1.97. The molecule has 1 aliphatic rings. The molecule has 0 bridgehead atoms. The molecular formula is C15H22N4O3S. The molecule has 126 valence electrons. The van der Waals surface area contributed by atoms with Crippen LogP contribution in [-0.2, 0) is 9.84 Å². The van der Waals surface area contributed by atoms with Gasteiger partial charge in [0.25, 0.3) is 0 Å². The predicted molar refractivity (Wildman–Crippen MR) is 85.5 cm³/mol. The average molecular weight is 338 g/mol. The van der Waals surface area contributed by atoms with Crippen LogP contribution in [0.3, 0.4) is 0 Å². The quantitative estimate of drug-likeness (QED) is 0.802. The van der Waals surface area contributed by atoms with Crippen molar-refractivity contribution in [1.82, 2.24) is 9.97 Å². The molecule has 23 heavy (non-hydrogen) atoms. The van der Waals surface area contributed by atoms with E-state index in [4.69, 9.17) is 5.26 Å². The van der Waals surface area contributed by atoms with Crippen LogP contribution in [0.15, 0.2) is 11.4 Å². The summed E-state index contributed by atoms with van der Waals surface area (Å²) in [5, 5.41) is 22.5. The van der Waals surface area contributed by atoms with Crippen LogP contribution in [0.4, 0.5) is 5.82 Å². The third-order valence-electron chi connectivity index (χ3n) is 4.75. The number of hydrogen-bond acceptors (Lipinski definition) is 7. The van der Waals surface area contributed by atoms with E-state index in [0.717, 1.165) is 6.26 Å². The molecule has 2 N–H and O–H groups in total. The second kappa shape index (κ2) is 5.73. The standard InChI is InChI=1S/C15H22N4O3S/c1-14(2)7-11(5-6-15(14,3)20)18-12-10(8-16)9-17-13(19-12)23(4,21)22/h9,11,20H,5-7H2,1-4H3,(H,17,18,19)/t11-,15+/m1/s1. The summed E-state index contributed by atoms with van der Waals surface area (Å²) in [6.07, 6.45) is 4.25. The summed E-state index contributed by atoms with van der Waals surface area (Å²) in [5.74, 6) is 0.227. The topological polar surface area (TPSA) is 116 Å². The Morgan fingerprint density at radius 1 is 1.43 bits per heavy atom. The van der Waals surface area contributed by atoms with E-state index in [1.165, 1.54) is 6.20 Å². The van der Waals surface area contributed by atoms with E-state index in [-0.39, 0.29) is 28.0 Å². The molecule has 7 nitrogen and oxygen atoms in total. The lowest BCUT2D eigenvalue weighted by atomic mass is 9.65. The maximum atomic E-state index is 11.6. The van der Waals surface area contributed by atoms with Crippen LogP contribution in [0.1, 0.15) is 45.6 Å². The molecule has 1 aromatic heterocycles. The molecule has 0 unspecified atom stereocenters. The SMILES string of the molecule is CC1(C)C[C@H](Nc2nc(S(C)(=O)=O)ncc2C#N)CC[C@]1(C)O. The predicted octanol–water partition coefficient (Wildman–Crippen LogP) is 1.49. The van der Waals surface area contributed by atoms with Crippen molar-refractivity contribution in [3.63, 3.8) is 0 Å². The van der Waals surface area contributed by atoms with Gasteiger partial charge in [0, 0.05) is 12.3 Å². The summed E-state index contributed by atoms with van der Waals surface area (Å²) in [4.78, 5) is 7.72. The highest BCUT2D eigenvalue weighted by Crippen LogP contribution is 2.44. The zero-order valence-corrected chi connectivity index (χ0v) is 14.6. The van der Waals surface area contributed by atoms with Gasteiger partial charge in [-0.25, -0.2) is 13.4 Å². The summed E-state index contributed by atoms with van der Waals surface area (Å²) in [6.45, 7) is 5.82. The van der Waals surface area contributed by atoms with E-state index in [9.17, 15) is 13.5 Å². The molecule has 0 amide bonds. The first-order valence-corrected chi connectivity index (χ1v) is 9.31. The Morgan fingerprint density at radius 2 is 2.09 bits per heavy atom. The van der Waals surface area contributed by atoms with Gasteiger partial charge >= 0.3 is 0 Å². The smallest absolute Gasteiger partial charge is 0.248 e. The van der Waals surface area contributed by atoms with Gasteiger partial charge in [0.2, 0.25) is 15.0 Å². The molecule has 2 atom stereocenters. The van der Waals surface area contributed by atoms with Crippen molar-refractivity contribution in [2.24, 2.45) is 5.41 Å². The van der Waals surface area contributed by atoms with Crippen LogP contribution in [-0.4, -0.2) is 41.4 Å². The van der Waals surface area contributed by atoms with Gasteiger partial charge in [-0.1, -0.05) is 13.8 Å². The highest BCUT2D eigenvalue weighted by Gasteiger charge is 2.44. The molecule has 0 radical (unpaired) electrons. The largest absolute Gasteiger partial charge is 0.390 e. The van der Waals surface area contributed by atoms with Crippen LogP contribution in [0, 0.1) is 16.7 Å². The minimum atomic E-state index is -3.54. The molecular weight excluding hydrogens is 316 g/mol. The monoisotopic (exact) mass is 338 g/mol. The van der Waals surface area contributed by atoms with Crippen LogP contribution >= 0.6 is 0 Å². The Balaban J connectivity index is 2.29. The number of nitriles is 1. The molecule has 1 saturated carbocycles. The molecule has 1 aliphatic carbocycles. The van der Waals surface area contributed by atoms with Gasteiger partial charge in [-0.2, -0.15) is 10.2 Å². The summed E-state index contributed by atoms with van der Waals surface area (Å²) < 4.78 is 23.2. The van der Waals surface area contributed by atoms with E-state index >= 15 is 0 Å². The Morgan fingerprint density at radius 3 is 2.61 bits per heavy atom. The van der Waals surface area contributed by atoms with Crippen molar-refractivity contribution < 1.29 is 13.5 Å². The zero-order chi connectivity index (χ0) is 17.5. The Kier molecular flexibility index (Phi) is 4.39. The van der Waals surface area contributed by atoms with Gasteiger partial charge in [-0.3, -0.25) is 0 Å². The number of sulfone groups is 1. The number of aromatic nitrogens is 2. The van der Waals surface area contributed by atoms with Crippen molar-refractivity contribution >= 4 is 15.7 Å². The Bertz CT molecular complexity index is 750. The lowest BCUT2D eigenvalue weighted by molar-refractivity contribution is -0.0840. The minimum Gasteiger partial charge on any atom is -0.390 e. The molecule has 1 heterocycles. The fourth-order valence-electron chi connectivity index (χ4n) is 2.78. The highest BCUT2D eigenvalue weighted by molar-refractivity contribution is 7.90. The summed E-state index contributed by atoms with van der Waals surface area (Å²) in [5.41, 5.74) is -0.859. The molecule has 8 heteroatoms. The van der Waals surface area contributed by atoms with Crippen molar-refractivity contribution in [3.05, 3.63) is 11.8 Å². The lowest BCUT2D eigenvalue weighted by Gasteiger charge is -2.47. The van der Waals surface area contributed by atoms with Crippen LogP contribution in [0.2, 0.25) is 0 Å². The van der Waals surface area contributed by atoms with E-state index in [1.54, 1.807) is 0 Å². The number of nitrogens with zero attached hydrogens (tertiary/aromatic N) is 3. The molecule has 1 fully saturated rings. The fraction of sp³-hybridized carbons (Fsp3) is 0.667. The molecule has 0 aliphatic heterocycles. The van der Waals surface area contributed by atoms with Crippen molar-refractivity contribution in [2.45, 2.75) is 56.8 Å². The molecule has 0 aromatic carbocycles. The second-order valence-electron chi connectivity index (χ2n) is 7.04. The van der Waals surface area contributed by atoms with E-state index in [1.807, 2.05) is 26.8 Å². The third kappa shape index (κ3) is 3.62. The van der Waals surface area contributed by atoms with Crippen LogP contribution < -0.4 is 5.32 Å². The molecule has 0 saturated heterocycles. The molecule has 2 rings (SSSR count). The average Bonchev–Trinajstić information content (AvgIpc) is 2.42. The van der Waals surface area contributed by atoms with Crippen LogP contribution in [0.5, 0.6) is 0 Å². The van der Waals surface area contributed by atoms with Gasteiger partial charge in [0.1, 0.15) is 17.5 Å². The number of rotatable bonds is 3. The summed E-state index contributed by atoms with van der Waals surface area (Å²) >= 11 is 0. The Labute approximate surface area is 136 Å². The van der Waals surface area contributed by atoms with Crippen molar-refractivity contribution in [2.75, 3.05) is 11.6 Å². The molecule has 0 spiro atoms. The van der Waals surface area contributed by atoms with Crippen molar-refractivity contribution in [3.8, 4) is 6.07 Å². The van der Waals surface area contributed by atoms with Gasteiger partial charge in [-0.05, 0) is 31.6 Å². The van der Waals surface area contributed by atoms with Gasteiger partial charge in [0.15, 0.2) is 0 Å². The maximum absolute atomic E-state index is 11.6. The van der Waals surface area contributed by atoms with Crippen molar-refractivity contribution in [1.29, 1.82) is 5.26 Å². The first-order chi connectivity index (χ1) is 10.5. The number of aliphatic hydroxyl groups is 1. The second-order valence-corrected chi connectivity index (χ2v) is 8.95. The lowest BCUT2D eigenvalue weighted by Crippen LogP contribution is -2.49. The zero-order valence-electron chi connectivity index (χ0n) is 13.8.